The van der Waals surface area contributed by atoms with E-state index in [1.54, 1.807) is 0 Å². The Morgan fingerprint density at radius 3 is 2.60 bits per heavy atom. The van der Waals surface area contributed by atoms with Crippen molar-refractivity contribution in [3.63, 3.8) is 0 Å². The predicted octanol–water partition coefficient (Wildman–Crippen LogP) is 3.70. The van der Waals surface area contributed by atoms with Gasteiger partial charge in [-0.2, -0.15) is 0 Å². The Bertz CT molecular complexity index is 701. The minimum absolute atomic E-state index is 0.00120. The van der Waals surface area contributed by atoms with E-state index in [4.69, 9.17) is 0 Å². The maximum atomic E-state index is 12.1. The molecule has 0 radical (unpaired) electrons. The van der Waals surface area contributed by atoms with Gasteiger partial charge in [-0.05, 0) is 43.4 Å². The Hall–Kier alpha value is -2.57. The molecule has 30 heavy (non-hydrogen) atoms. The van der Waals surface area contributed by atoms with Gasteiger partial charge in [-0.15, -0.1) is 0 Å². The number of rotatable bonds is 10. The number of hydrogen-bond acceptors (Lipinski definition) is 3. The molecule has 0 spiro atoms. The average Bonchev–Trinajstić information content (AvgIpc) is 2.75. The summed E-state index contributed by atoms with van der Waals surface area (Å²) in [5, 5.41) is 11.6. The zero-order valence-electron chi connectivity index (χ0n) is 18.3. The highest BCUT2D eigenvalue weighted by molar-refractivity contribution is 5.92. The van der Waals surface area contributed by atoms with Gasteiger partial charge in [0.25, 0.3) is 0 Å². The molecule has 166 valence electrons. The summed E-state index contributed by atoms with van der Waals surface area (Å²) in [6.07, 6.45) is 7.46. The highest BCUT2D eigenvalue weighted by atomic mass is 16.2. The topological polar surface area (TPSA) is 99.3 Å². The fraction of sp³-hybridized carbons (Fsp3) is 0.609. The van der Waals surface area contributed by atoms with Crippen LogP contribution < -0.4 is 21.3 Å². The summed E-state index contributed by atoms with van der Waals surface area (Å²) in [5.74, 6) is -0.0936. The van der Waals surface area contributed by atoms with Crippen molar-refractivity contribution in [2.45, 2.75) is 77.8 Å². The first-order valence-electron chi connectivity index (χ1n) is 11.2. The molecule has 1 saturated carbocycles. The van der Waals surface area contributed by atoms with Crippen LogP contribution in [0.5, 0.6) is 0 Å². The maximum absolute atomic E-state index is 12.1. The number of urea groups is 1. The Morgan fingerprint density at radius 1 is 1.10 bits per heavy atom. The van der Waals surface area contributed by atoms with Gasteiger partial charge in [0, 0.05) is 37.2 Å². The predicted molar refractivity (Wildman–Crippen MR) is 119 cm³/mol. The average molecular weight is 417 g/mol. The van der Waals surface area contributed by atoms with E-state index in [1.165, 1.54) is 19.3 Å². The quantitative estimate of drug-likeness (QED) is 0.438. The summed E-state index contributed by atoms with van der Waals surface area (Å²) in [6.45, 7) is 4.76. The van der Waals surface area contributed by atoms with Gasteiger partial charge in [0.2, 0.25) is 11.8 Å². The number of nitrogens with one attached hydrogen (secondary N) is 4. The second kappa shape index (κ2) is 12.9. The molecule has 1 atom stereocenters. The summed E-state index contributed by atoms with van der Waals surface area (Å²) in [5.41, 5.74) is 1.66. The Labute approximate surface area is 179 Å². The van der Waals surface area contributed by atoms with E-state index in [0.29, 0.717) is 25.9 Å². The molecule has 1 aromatic carbocycles. The van der Waals surface area contributed by atoms with Gasteiger partial charge in [0.1, 0.15) is 0 Å². The van der Waals surface area contributed by atoms with E-state index in [9.17, 15) is 14.4 Å². The molecule has 7 nitrogen and oxygen atoms in total. The van der Waals surface area contributed by atoms with Crippen molar-refractivity contribution in [2.75, 3.05) is 11.9 Å². The number of amides is 4. The van der Waals surface area contributed by atoms with E-state index in [0.717, 1.165) is 30.5 Å². The van der Waals surface area contributed by atoms with E-state index >= 15 is 0 Å². The maximum Gasteiger partial charge on any atom is 0.315 e. The summed E-state index contributed by atoms with van der Waals surface area (Å²) >= 11 is 0. The molecule has 4 amide bonds. The smallest absolute Gasteiger partial charge is 0.315 e. The van der Waals surface area contributed by atoms with Crippen LogP contribution >= 0.6 is 0 Å². The van der Waals surface area contributed by atoms with Gasteiger partial charge in [-0.1, -0.05) is 45.2 Å². The summed E-state index contributed by atoms with van der Waals surface area (Å²) < 4.78 is 0. The molecular weight excluding hydrogens is 380 g/mol. The Kier molecular flexibility index (Phi) is 10.2. The van der Waals surface area contributed by atoms with Crippen LogP contribution in [-0.2, 0) is 16.1 Å². The molecular formula is C23H36N4O3. The van der Waals surface area contributed by atoms with E-state index in [-0.39, 0.29) is 29.8 Å². The first kappa shape index (κ1) is 23.7. The molecule has 1 fully saturated rings. The third-order valence-corrected chi connectivity index (χ3v) is 5.55. The lowest BCUT2D eigenvalue weighted by atomic mass is 9.96. The van der Waals surface area contributed by atoms with E-state index in [1.807, 2.05) is 38.1 Å². The third-order valence-electron chi connectivity index (χ3n) is 5.55. The minimum Gasteiger partial charge on any atom is -0.352 e. The highest BCUT2D eigenvalue weighted by Gasteiger charge is 2.15. The Balaban J connectivity index is 1.62. The molecule has 2 rings (SSSR count). The zero-order chi connectivity index (χ0) is 21.8. The lowest BCUT2D eigenvalue weighted by Gasteiger charge is -2.22. The standard InChI is InChI=1S/C23H36N4O3/c1-3-17(2)22(29)26-20-12-7-9-18(15-20)16-25-21(28)13-8-14-24-23(30)27-19-10-5-4-6-11-19/h7,9,12,15,17,19H,3-6,8,10-11,13-14,16H2,1-2H3,(H,25,28)(H,26,29)(H2,24,27,30). The normalized spacial score (nSPS) is 15.1. The molecule has 1 aliphatic rings. The van der Waals surface area contributed by atoms with Crippen LogP contribution in [0.4, 0.5) is 10.5 Å². The van der Waals surface area contributed by atoms with Gasteiger partial charge in [0.15, 0.2) is 0 Å². The van der Waals surface area contributed by atoms with Crippen molar-refractivity contribution in [1.82, 2.24) is 16.0 Å². The molecule has 0 aromatic heterocycles. The molecule has 4 N–H and O–H groups in total. The third kappa shape index (κ3) is 8.84. The molecule has 0 saturated heterocycles. The monoisotopic (exact) mass is 416 g/mol. The zero-order valence-corrected chi connectivity index (χ0v) is 18.3. The number of benzene rings is 1. The first-order chi connectivity index (χ1) is 14.5. The van der Waals surface area contributed by atoms with Crippen LogP contribution in [0.25, 0.3) is 0 Å². The van der Waals surface area contributed by atoms with Crippen LogP contribution in [0.3, 0.4) is 0 Å². The molecule has 7 heteroatoms. The molecule has 0 heterocycles. The van der Waals surface area contributed by atoms with Gasteiger partial charge >= 0.3 is 6.03 Å². The largest absolute Gasteiger partial charge is 0.352 e. The molecule has 1 aliphatic carbocycles. The lowest BCUT2D eigenvalue weighted by molar-refractivity contribution is -0.121. The van der Waals surface area contributed by atoms with Gasteiger partial charge in [-0.25, -0.2) is 4.79 Å². The lowest BCUT2D eigenvalue weighted by Crippen LogP contribution is -2.43. The minimum atomic E-state index is -0.140. The van der Waals surface area contributed by atoms with Crippen molar-refractivity contribution < 1.29 is 14.4 Å². The van der Waals surface area contributed by atoms with Crippen molar-refractivity contribution in [1.29, 1.82) is 0 Å². The summed E-state index contributed by atoms with van der Waals surface area (Å²) in [4.78, 5) is 36.0. The van der Waals surface area contributed by atoms with Crippen LogP contribution in [-0.4, -0.2) is 30.4 Å². The number of hydrogen-bond donors (Lipinski definition) is 4. The summed E-state index contributed by atoms with van der Waals surface area (Å²) in [6, 6.07) is 7.64. The van der Waals surface area contributed by atoms with Crippen LogP contribution in [0.15, 0.2) is 24.3 Å². The second-order valence-electron chi connectivity index (χ2n) is 8.11. The molecule has 0 aliphatic heterocycles. The molecule has 0 bridgehead atoms. The van der Waals surface area contributed by atoms with Crippen LogP contribution in [0, 0.1) is 5.92 Å². The van der Waals surface area contributed by atoms with E-state index < -0.39 is 0 Å². The number of carbonyl (C=O) groups is 3. The van der Waals surface area contributed by atoms with E-state index in [2.05, 4.69) is 21.3 Å². The summed E-state index contributed by atoms with van der Waals surface area (Å²) in [7, 11) is 0. The number of anilines is 1. The number of carbonyl (C=O) groups excluding carboxylic acids is 3. The van der Waals surface area contributed by atoms with Gasteiger partial charge in [-0.3, -0.25) is 9.59 Å². The van der Waals surface area contributed by atoms with Crippen molar-refractivity contribution in [2.24, 2.45) is 5.92 Å². The van der Waals surface area contributed by atoms with Crippen LogP contribution in [0.2, 0.25) is 0 Å². The SMILES string of the molecule is CCC(C)C(=O)Nc1cccc(CNC(=O)CCCNC(=O)NC2CCCCC2)c1. The van der Waals surface area contributed by atoms with Crippen molar-refractivity contribution >= 4 is 23.5 Å². The van der Waals surface area contributed by atoms with Crippen molar-refractivity contribution in [3.8, 4) is 0 Å². The Morgan fingerprint density at radius 2 is 1.87 bits per heavy atom. The highest BCUT2D eigenvalue weighted by Crippen LogP contribution is 2.17. The van der Waals surface area contributed by atoms with Gasteiger partial charge < -0.3 is 21.3 Å². The van der Waals surface area contributed by atoms with Crippen LogP contribution in [0.1, 0.15) is 70.8 Å². The fourth-order valence-electron chi connectivity index (χ4n) is 3.43. The molecule has 1 unspecified atom stereocenters. The fourth-order valence-corrected chi connectivity index (χ4v) is 3.43. The first-order valence-corrected chi connectivity index (χ1v) is 11.2. The second-order valence-corrected chi connectivity index (χ2v) is 8.11. The van der Waals surface area contributed by atoms with Crippen molar-refractivity contribution in [3.05, 3.63) is 29.8 Å². The molecule has 1 aromatic rings. The van der Waals surface area contributed by atoms with Gasteiger partial charge in [0.05, 0.1) is 0 Å².